The van der Waals surface area contributed by atoms with E-state index in [1.807, 2.05) is 6.07 Å². The van der Waals surface area contributed by atoms with E-state index in [4.69, 9.17) is 15.0 Å². The van der Waals surface area contributed by atoms with Gasteiger partial charge in [0.15, 0.2) is 17.5 Å². The van der Waals surface area contributed by atoms with Crippen molar-refractivity contribution in [2.24, 2.45) is 0 Å². The van der Waals surface area contributed by atoms with Crippen molar-refractivity contribution in [2.45, 2.75) is 0 Å². The molecule has 10 aromatic carbocycles. The summed E-state index contributed by atoms with van der Waals surface area (Å²) >= 11 is 0. The first-order chi connectivity index (χ1) is 29.7. The quantitative estimate of drug-likeness (QED) is 0.120. The molecule has 3 heteroatoms. The van der Waals surface area contributed by atoms with E-state index in [0.717, 1.165) is 50.1 Å². The number of hydrogen-bond donors (Lipinski definition) is 0. The molecule has 0 amide bonds. The van der Waals surface area contributed by atoms with Crippen LogP contribution in [0.4, 0.5) is 0 Å². The molecular formula is C57H37N3. The molecule has 0 bridgehead atoms. The van der Waals surface area contributed by atoms with E-state index in [-0.39, 0.29) is 0 Å². The fourth-order valence-electron chi connectivity index (χ4n) is 8.52. The standard InChI is InChI=1S/C57H37N3/c1-4-14-38(15-5-1)40-24-28-44(29-25-40)55-58-56(60-57(59-55)51-35-33-46(39-16-6-2-7-17-39)36-52(51)41-18-8-3-9-19-41)45-30-26-43(27-31-45)54-49-23-13-11-21-47(49)37-53-48-22-12-10-20-42(48)32-34-50(53)54/h1-37H. The van der Waals surface area contributed by atoms with Gasteiger partial charge in [-0.1, -0.05) is 206 Å². The Morgan fingerprint density at radius 1 is 0.217 bits per heavy atom. The molecule has 0 saturated heterocycles. The van der Waals surface area contributed by atoms with Crippen molar-refractivity contribution in [2.75, 3.05) is 0 Å². The zero-order valence-electron chi connectivity index (χ0n) is 32.7. The predicted octanol–water partition coefficient (Wildman–Crippen LogP) is 15.0. The highest BCUT2D eigenvalue weighted by molar-refractivity contribution is 6.20. The Morgan fingerprint density at radius 3 is 1.33 bits per heavy atom. The van der Waals surface area contributed by atoms with Gasteiger partial charge in [0.25, 0.3) is 0 Å². The summed E-state index contributed by atoms with van der Waals surface area (Å²) in [5, 5.41) is 7.43. The molecule has 1 aromatic heterocycles. The third kappa shape index (κ3) is 6.49. The summed E-state index contributed by atoms with van der Waals surface area (Å²) in [5.74, 6) is 1.86. The second-order valence-electron chi connectivity index (χ2n) is 15.2. The van der Waals surface area contributed by atoms with Gasteiger partial charge in [-0.25, -0.2) is 15.0 Å². The van der Waals surface area contributed by atoms with E-state index in [0.29, 0.717) is 17.5 Å². The topological polar surface area (TPSA) is 38.7 Å². The van der Waals surface area contributed by atoms with Gasteiger partial charge in [-0.3, -0.25) is 0 Å². The van der Waals surface area contributed by atoms with Gasteiger partial charge >= 0.3 is 0 Å². The first kappa shape index (κ1) is 35.2. The molecule has 0 aliphatic rings. The van der Waals surface area contributed by atoms with Gasteiger partial charge in [0.05, 0.1) is 0 Å². The molecule has 0 saturated carbocycles. The highest BCUT2D eigenvalue weighted by Crippen LogP contribution is 2.41. The SMILES string of the molecule is c1ccc(-c2ccc(-c3nc(-c4ccc(-c5c6ccccc6cc6c5ccc5ccccc56)cc4)nc(-c4ccc(-c5ccccc5)cc4-c4ccccc4)n3)cc2)cc1. The van der Waals surface area contributed by atoms with Crippen molar-refractivity contribution < 1.29 is 0 Å². The van der Waals surface area contributed by atoms with Gasteiger partial charge in [-0.2, -0.15) is 0 Å². The van der Waals surface area contributed by atoms with Crippen LogP contribution in [0.15, 0.2) is 224 Å². The average Bonchev–Trinajstić information content (AvgIpc) is 3.34. The lowest BCUT2D eigenvalue weighted by atomic mass is 9.89. The Kier molecular flexibility index (Phi) is 8.83. The van der Waals surface area contributed by atoms with E-state index < -0.39 is 0 Å². The molecule has 0 N–H and O–H groups in total. The first-order valence-electron chi connectivity index (χ1n) is 20.3. The summed E-state index contributed by atoms with van der Waals surface area (Å²) in [7, 11) is 0. The van der Waals surface area contributed by atoms with Crippen molar-refractivity contribution in [3.05, 3.63) is 224 Å². The fourth-order valence-corrected chi connectivity index (χ4v) is 8.52. The molecule has 0 fully saturated rings. The van der Waals surface area contributed by atoms with E-state index in [1.165, 1.54) is 43.4 Å². The molecule has 0 atom stereocenters. The minimum absolute atomic E-state index is 0.619. The summed E-state index contributed by atoms with van der Waals surface area (Å²) in [6, 6.07) is 79.5. The van der Waals surface area contributed by atoms with Crippen LogP contribution in [-0.4, -0.2) is 15.0 Å². The molecule has 11 aromatic rings. The molecule has 11 rings (SSSR count). The minimum atomic E-state index is 0.619. The number of aromatic nitrogens is 3. The second kappa shape index (κ2) is 15.1. The van der Waals surface area contributed by atoms with Gasteiger partial charge in [0, 0.05) is 16.7 Å². The largest absolute Gasteiger partial charge is 0.208 e. The molecule has 1 heterocycles. The summed E-state index contributed by atoms with van der Waals surface area (Å²) in [6.07, 6.45) is 0. The maximum atomic E-state index is 5.27. The highest BCUT2D eigenvalue weighted by Gasteiger charge is 2.18. The molecule has 0 spiro atoms. The van der Waals surface area contributed by atoms with Crippen molar-refractivity contribution in [3.63, 3.8) is 0 Å². The second-order valence-corrected chi connectivity index (χ2v) is 15.2. The Morgan fingerprint density at radius 2 is 0.683 bits per heavy atom. The van der Waals surface area contributed by atoms with E-state index in [9.17, 15) is 0 Å². The summed E-state index contributed by atoms with van der Waals surface area (Å²) in [6.45, 7) is 0. The summed E-state index contributed by atoms with van der Waals surface area (Å²) in [5.41, 5.74) is 11.9. The Balaban J connectivity index is 1.08. The van der Waals surface area contributed by atoms with Crippen LogP contribution < -0.4 is 0 Å². The van der Waals surface area contributed by atoms with E-state index in [1.54, 1.807) is 0 Å². The van der Waals surface area contributed by atoms with Crippen LogP contribution >= 0.6 is 0 Å². The summed E-state index contributed by atoms with van der Waals surface area (Å²) < 4.78 is 0. The van der Waals surface area contributed by atoms with Crippen molar-refractivity contribution >= 4 is 32.3 Å². The van der Waals surface area contributed by atoms with Gasteiger partial charge in [0.2, 0.25) is 0 Å². The Labute approximate surface area is 349 Å². The number of fused-ring (bicyclic) bond motifs is 4. The molecule has 280 valence electrons. The van der Waals surface area contributed by atoms with Crippen LogP contribution in [0, 0.1) is 0 Å². The van der Waals surface area contributed by atoms with Crippen LogP contribution in [0.5, 0.6) is 0 Å². The third-order valence-electron chi connectivity index (χ3n) is 11.5. The molecule has 60 heavy (non-hydrogen) atoms. The molecular weight excluding hydrogens is 727 g/mol. The molecule has 0 unspecified atom stereocenters. The lowest BCUT2D eigenvalue weighted by molar-refractivity contribution is 1.07. The smallest absolute Gasteiger partial charge is 0.164 e. The molecule has 3 nitrogen and oxygen atoms in total. The first-order valence-corrected chi connectivity index (χ1v) is 20.3. The van der Waals surface area contributed by atoms with Crippen LogP contribution in [0.1, 0.15) is 0 Å². The maximum Gasteiger partial charge on any atom is 0.164 e. The van der Waals surface area contributed by atoms with Crippen molar-refractivity contribution in [3.8, 4) is 78.7 Å². The van der Waals surface area contributed by atoms with Gasteiger partial charge in [-0.15, -0.1) is 0 Å². The zero-order chi connectivity index (χ0) is 39.8. The van der Waals surface area contributed by atoms with Gasteiger partial charge in [0.1, 0.15) is 0 Å². The maximum absolute atomic E-state index is 5.27. The average molecular weight is 764 g/mol. The third-order valence-corrected chi connectivity index (χ3v) is 11.5. The van der Waals surface area contributed by atoms with Crippen LogP contribution in [0.3, 0.4) is 0 Å². The fraction of sp³-hybridized carbons (Fsp3) is 0. The molecule has 0 aliphatic carbocycles. The van der Waals surface area contributed by atoms with Gasteiger partial charge < -0.3 is 0 Å². The van der Waals surface area contributed by atoms with Crippen molar-refractivity contribution in [1.29, 1.82) is 0 Å². The van der Waals surface area contributed by atoms with Gasteiger partial charge in [-0.05, 0) is 95.0 Å². The zero-order valence-corrected chi connectivity index (χ0v) is 32.7. The predicted molar refractivity (Wildman–Crippen MR) is 250 cm³/mol. The van der Waals surface area contributed by atoms with Crippen LogP contribution in [0.2, 0.25) is 0 Å². The van der Waals surface area contributed by atoms with Crippen LogP contribution in [0.25, 0.3) is 111 Å². The Bertz CT molecular complexity index is 3320. The number of hydrogen-bond acceptors (Lipinski definition) is 3. The van der Waals surface area contributed by atoms with Crippen molar-refractivity contribution in [1.82, 2.24) is 15.0 Å². The summed E-state index contributed by atoms with van der Waals surface area (Å²) in [4.78, 5) is 15.7. The van der Waals surface area contributed by atoms with E-state index >= 15 is 0 Å². The lowest BCUT2D eigenvalue weighted by Crippen LogP contribution is -2.01. The molecule has 0 aliphatic heterocycles. The Hall–Kier alpha value is -8.01. The highest BCUT2D eigenvalue weighted by atomic mass is 15.0. The normalized spacial score (nSPS) is 11.3. The monoisotopic (exact) mass is 763 g/mol. The minimum Gasteiger partial charge on any atom is -0.208 e. The lowest BCUT2D eigenvalue weighted by Gasteiger charge is -2.15. The van der Waals surface area contributed by atoms with Crippen LogP contribution in [-0.2, 0) is 0 Å². The number of nitrogens with zero attached hydrogens (tertiary/aromatic N) is 3. The molecule has 0 radical (unpaired) electrons. The van der Waals surface area contributed by atoms with E-state index in [2.05, 4.69) is 218 Å². The number of benzene rings is 10. The number of rotatable bonds is 7.